The number of aliphatic imine (C=N–C) groups is 1. The van der Waals surface area contributed by atoms with Gasteiger partial charge in [-0.25, -0.2) is 0 Å². The summed E-state index contributed by atoms with van der Waals surface area (Å²) in [6.07, 6.45) is 5.01. The summed E-state index contributed by atoms with van der Waals surface area (Å²) >= 11 is 0. The fourth-order valence-electron chi connectivity index (χ4n) is 2.45. The fraction of sp³-hybridized carbons (Fsp3) is 0.474. The maximum atomic E-state index is 5.54. The van der Waals surface area contributed by atoms with Crippen molar-refractivity contribution >= 4 is 5.96 Å². The first-order valence-electron chi connectivity index (χ1n) is 8.79. The molecule has 6 nitrogen and oxygen atoms in total. The summed E-state index contributed by atoms with van der Waals surface area (Å²) < 4.78 is 7.47. The molecular weight excluding hydrogens is 314 g/mol. The molecule has 0 aliphatic carbocycles. The topological polar surface area (TPSA) is 63.5 Å². The highest BCUT2D eigenvalue weighted by atomic mass is 16.5. The Morgan fingerprint density at radius 1 is 1.20 bits per heavy atom. The summed E-state index contributed by atoms with van der Waals surface area (Å²) in [7, 11) is 1.79. The summed E-state index contributed by atoms with van der Waals surface area (Å²) in [6.45, 7) is 7.18. The molecule has 0 amide bonds. The van der Waals surface area contributed by atoms with Gasteiger partial charge in [-0.1, -0.05) is 24.3 Å². The van der Waals surface area contributed by atoms with Crippen LogP contribution in [-0.2, 0) is 17.8 Å². The monoisotopic (exact) mass is 343 g/mol. The minimum atomic E-state index is 0.281. The van der Waals surface area contributed by atoms with Crippen molar-refractivity contribution in [2.45, 2.75) is 39.5 Å². The minimum absolute atomic E-state index is 0.281. The van der Waals surface area contributed by atoms with E-state index in [1.807, 2.05) is 16.9 Å². The van der Waals surface area contributed by atoms with Crippen LogP contribution in [-0.4, -0.2) is 42.0 Å². The van der Waals surface area contributed by atoms with Gasteiger partial charge in [-0.05, 0) is 37.5 Å². The molecule has 0 atom stereocenters. The molecule has 0 fully saturated rings. The van der Waals surface area contributed by atoms with Gasteiger partial charge in [0.25, 0.3) is 0 Å². The molecule has 0 aliphatic rings. The van der Waals surface area contributed by atoms with Gasteiger partial charge in [0.15, 0.2) is 5.96 Å². The molecule has 0 unspecified atom stereocenters. The molecule has 0 saturated carbocycles. The fourth-order valence-corrected chi connectivity index (χ4v) is 2.45. The summed E-state index contributed by atoms with van der Waals surface area (Å²) in [5.74, 6) is 0.804. The third-order valence-electron chi connectivity index (χ3n) is 3.74. The quantitative estimate of drug-likeness (QED) is 0.417. The predicted molar refractivity (Wildman–Crippen MR) is 102 cm³/mol. The summed E-state index contributed by atoms with van der Waals surface area (Å²) in [5.41, 5.74) is 2.49. The van der Waals surface area contributed by atoms with Gasteiger partial charge in [0.05, 0.1) is 12.6 Å². The zero-order valence-electron chi connectivity index (χ0n) is 15.4. The number of hydrogen-bond donors (Lipinski definition) is 2. The van der Waals surface area contributed by atoms with Crippen LogP contribution in [0.25, 0.3) is 0 Å². The average molecular weight is 343 g/mol. The van der Waals surface area contributed by atoms with Gasteiger partial charge in [0.2, 0.25) is 0 Å². The van der Waals surface area contributed by atoms with E-state index in [1.165, 1.54) is 11.1 Å². The molecule has 2 N–H and O–H groups in total. The van der Waals surface area contributed by atoms with Gasteiger partial charge in [-0.15, -0.1) is 0 Å². The van der Waals surface area contributed by atoms with Gasteiger partial charge < -0.3 is 15.4 Å². The molecule has 2 aromatic rings. The van der Waals surface area contributed by atoms with Gasteiger partial charge >= 0.3 is 0 Å². The van der Waals surface area contributed by atoms with Crippen LogP contribution in [0.2, 0.25) is 0 Å². The maximum Gasteiger partial charge on any atom is 0.191 e. The average Bonchev–Trinajstić information content (AvgIpc) is 3.11. The Kier molecular flexibility index (Phi) is 7.98. The minimum Gasteiger partial charge on any atom is -0.379 e. The van der Waals surface area contributed by atoms with E-state index in [9.17, 15) is 0 Å². The van der Waals surface area contributed by atoms with Crippen molar-refractivity contribution in [3.05, 3.63) is 53.9 Å². The van der Waals surface area contributed by atoms with Crippen LogP contribution in [0.5, 0.6) is 0 Å². The Morgan fingerprint density at radius 2 is 2.00 bits per heavy atom. The molecular formula is C19H29N5O. The van der Waals surface area contributed by atoms with Crippen molar-refractivity contribution < 1.29 is 4.74 Å². The number of nitrogens with one attached hydrogen (secondary N) is 2. The maximum absolute atomic E-state index is 5.54. The van der Waals surface area contributed by atoms with Crippen molar-refractivity contribution in [3.8, 4) is 0 Å². The Hall–Kier alpha value is -2.34. The Balaban J connectivity index is 1.81. The second kappa shape index (κ2) is 10.5. The van der Waals surface area contributed by atoms with Crippen molar-refractivity contribution in [1.82, 2.24) is 20.4 Å². The number of ether oxygens (including phenoxy) is 1. The molecule has 0 radical (unpaired) electrons. The van der Waals surface area contributed by atoms with Crippen molar-refractivity contribution in [2.75, 3.05) is 20.2 Å². The molecule has 0 spiro atoms. The van der Waals surface area contributed by atoms with Crippen molar-refractivity contribution in [1.29, 1.82) is 0 Å². The van der Waals surface area contributed by atoms with Crippen LogP contribution in [0.4, 0.5) is 0 Å². The van der Waals surface area contributed by atoms with Gasteiger partial charge in [-0.3, -0.25) is 9.67 Å². The highest BCUT2D eigenvalue weighted by molar-refractivity contribution is 5.79. The zero-order valence-corrected chi connectivity index (χ0v) is 15.4. The lowest BCUT2D eigenvalue weighted by Crippen LogP contribution is -2.37. The first kappa shape index (κ1) is 19.0. The lowest BCUT2D eigenvalue weighted by Gasteiger charge is -2.15. The second-order valence-electron chi connectivity index (χ2n) is 6.10. The smallest absolute Gasteiger partial charge is 0.191 e. The third kappa shape index (κ3) is 6.97. The zero-order chi connectivity index (χ0) is 17.9. The molecule has 0 saturated heterocycles. The standard InChI is InChI=1S/C19H29N5O/c1-16(2)25-13-7-10-21-19(20-3)22-14-17-8-4-5-9-18(17)15-24-12-6-11-23-24/h4-6,8-9,11-12,16H,7,10,13-15H2,1-3H3,(H2,20,21,22). The number of benzene rings is 1. The van der Waals surface area contributed by atoms with E-state index >= 15 is 0 Å². The first-order valence-corrected chi connectivity index (χ1v) is 8.79. The van der Waals surface area contributed by atoms with E-state index in [0.717, 1.165) is 38.6 Å². The van der Waals surface area contributed by atoms with Crippen LogP contribution in [0.15, 0.2) is 47.7 Å². The molecule has 0 bridgehead atoms. The second-order valence-corrected chi connectivity index (χ2v) is 6.10. The molecule has 1 heterocycles. The summed E-state index contributed by atoms with van der Waals surface area (Å²) in [4.78, 5) is 4.28. The Morgan fingerprint density at radius 3 is 2.68 bits per heavy atom. The van der Waals surface area contributed by atoms with Crippen LogP contribution in [0.3, 0.4) is 0 Å². The molecule has 136 valence electrons. The van der Waals surface area contributed by atoms with Crippen LogP contribution < -0.4 is 10.6 Å². The van der Waals surface area contributed by atoms with Gasteiger partial charge in [-0.2, -0.15) is 5.10 Å². The van der Waals surface area contributed by atoms with Crippen molar-refractivity contribution in [2.24, 2.45) is 4.99 Å². The van der Waals surface area contributed by atoms with E-state index in [4.69, 9.17) is 4.74 Å². The lowest BCUT2D eigenvalue weighted by molar-refractivity contribution is 0.0776. The van der Waals surface area contributed by atoms with Gasteiger partial charge in [0.1, 0.15) is 0 Å². The number of hydrogen-bond acceptors (Lipinski definition) is 3. The number of aromatic nitrogens is 2. The van der Waals surface area contributed by atoms with E-state index < -0.39 is 0 Å². The Bertz CT molecular complexity index is 637. The van der Waals surface area contributed by atoms with Crippen LogP contribution in [0, 0.1) is 0 Å². The largest absolute Gasteiger partial charge is 0.379 e. The predicted octanol–water partition coefficient (Wildman–Crippen LogP) is 2.41. The molecule has 2 rings (SSSR count). The van der Waals surface area contributed by atoms with E-state index in [2.05, 4.69) is 58.8 Å². The number of rotatable bonds is 9. The molecule has 1 aromatic heterocycles. The van der Waals surface area contributed by atoms with Gasteiger partial charge in [0, 0.05) is 39.1 Å². The summed E-state index contributed by atoms with van der Waals surface area (Å²) in [6, 6.07) is 10.3. The third-order valence-corrected chi connectivity index (χ3v) is 3.74. The summed E-state index contributed by atoms with van der Waals surface area (Å²) in [5, 5.41) is 11.0. The highest BCUT2D eigenvalue weighted by Gasteiger charge is 2.04. The molecule has 25 heavy (non-hydrogen) atoms. The highest BCUT2D eigenvalue weighted by Crippen LogP contribution is 2.10. The lowest BCUT2D eigenvalue weighted by atomic mass is 10.1. The van der Waals surface area contributed by atoms with E-state index in [1.54, 1.807) is 13.2 Å². The molecule has 1 aromatic carbocycles. The van der Waals surface area contributed by atoms with Crippen LogP contribution >= 0.6 is 0 Å². The normalized spacial score (nSPS) is 11.8. The van der Waals surface area contributed by atoms with E-state index in [0.29, 0.717) is 0 Å². The van der Waals surface area contributed by atoms with Crippen LogP contribution in [0.1, 0.15) is 31.4 Å². The van der Waals surface area contributed by atoms with Crippen molar-refractivity contribution in [3.63, 3.8) is 0 Å². The SMILES string of the molecule is CN=C(NCCCOC(C)C)NCc1ccccc1Cn1cccn1. The number of nitrogens with zero attached hydrogens (tertiary/aromatic N) is 3. The molecule has 0 aliphatic heterocycles. The first-order chi connectivity index (χ1) is 12.2. The van der Waals surface area contributed by atoms with E-state index in [-0.39, 0.29) is 6.10 Å². The molecule has 6 heteroatoms. The number of guanidine groups is 1. The Labute approximate surface area is 150 Å².